The summed E-state index contributed by atoms with van der Waals surface area (Å²) in [5.74, 6) is 0.224. The molecule has 5 nitrogen and oxygen atoms in total. The van der Waals surface area contributed by atoms with Gasteiger partial charge in [-0.15, -0.1) is 0 Å². The minimum Gasteiger partial charge on any atom is -0.351 e. The first-order valence-corrected chi connectivity index (χ1v) is 9.10. The molecule has 2 aliphatic rings. The first-order valence-electron chi connectivity index (χ1n) is 7.28. The van der Waals surface area contributed by atoms with Crippen LogP contribution in [0.25, 0.3) is 0 Å². The summed E-state index contributed by atoms with van der Waals surface area (Å²) < 4.78 is 22.6. The summed E-state index contributed by atoms with van der Waals surface area (Å²) >= 11 is 0. The summed E-state index contributed by atoms with van der Waals surface area (Å²) in [5.41, 5.74) is 0. The molecule has 1 aliphatic heterocycles. The van der Waals surface area contributed by atoms with E-state index in [0.717, 1.165) is 12.8 Å². The number of hydrogen-bond acceptors (Lipinski definition) is 4. The van der Waals surface area contributed by atoms with E-state index < -0.39 is 9.84 Å². The van der Waals surface area contributed by atoms with Crippen molar-refractivity contribution < 1.29 is 13.2 Å². The third-order valence-corrected chi connectivity index (χ3v) is 5.77. The molecule has 0 radical (unpaired) electrons. The monoisotopic (exact) mass is 288 g/mol. The maximum absolute atomic E-state index is 11.8. The highest BCUT2D eigenvalue weighted by molar-refractivity contribution is 7.91. The van der Waals surface area contributed by atoms with Gasteiger partial charge in [-0.05, 0) is 19.3 Å². The van der Waals surface area contributed by atoms with Gasteiger partial charge in [0.1, 0.15) is 0 Å². The zero-order chi connectivity index (χ0) is 13.7. The third kappa shape index (κ3) is 5.10. The van der Waals surface area contributed by atoms with Crippen LogP contribution >= 0.6 is 0 Å². The van der Waals surface area contributed by atoms with Crippen molar-refractivity contribution in [1.82, 2.24) is 10.6 Å². The highest BCUT2D eigenvalue weighted by atomic mass is 32.2. The van der Waals surface area contributed by atoms with Gasteiger partial charge in [-0.25, -0.2) is 8.42 Å². The fourth-order valence-electron chi connectivity index (χ4n) is 2.91. The van der Waals surface area contributed by atoms with Crippen LogP contribution in [-0.2, 0) is 14.6 Å². The number of carbonyl (C=O) groups excluding carboxylic acids is 1. The molecule has 0 aromatic carbocycles. The van der Waals surface area contributed by atoms with Gasteiger partial charge in [-0.1, -0.05) is 25.7 Å². The molecule has 1 atom stereocenters. The van der Waals surface area contributed by atoms with Crippen LogP contribution in [0, 0.1) is 0 Å². The molecule has 1 aliphatic carbocycles. The van der Waals surface area contributed by atoms with E-state index in [1.807, 2.05) is 0 Å². The van der Waals surface area contributed by atoms with Crippen LogP contribution in [0.1, 0.15) is 44.9 Å². The molecule has 2 rings (SSSR count). The molecule has 0 spiro atoms. The van der Waals surface area contributed by atoms with E-state index >= 15 is 0 Å². The SMILES string of the molecule is O=C(CNC1CCCCCC1)NC1CCS(=O)(=O)C1. The normalized spacial score (nSPS) is 27.9. The predicted octanol–water partition coefficient (Wildman–Crippen LogP) is 0.602. The molecule has 6 heteroatoms. The Morgan fingerprint density at radius 3 is 2.26 bits per heavy atom. The number of sulfone groups is 1. The molecule has 2 N–H and O–H groups in total. The predicted molar refractivity (Wildman–Crippen MR) is 74.7 cm³/mol. The van der Waals surface area contributed by atoms with Crippen molar-refractivity contribution in [1.29, 1.82) is 0 Å². The van der Waals surface area contributed by atoms with Gasteiger partial charge in [-0.2, -0.15) is 0 Å². The first-order chi connectivity index (χ1) is 9.05. The van der Waals surface area contributed by atoms with Gasteiger partial charge in [-0.3, -0.25) is 4.79 Å². The topological polar surface area (TPSA) is 75.3 Å². The number of nitrogens with one attached hydrogen (secondary N) is 2. The van der Waals surface area contributed by atoms with E-state index in [0.29, 0.717) is 19.0 Å². The largest absolute Gasteiger partial charge is 0.351 e. The van der Waals surface area contributed by atoms with Gasteiger partial charge in [0, 0.05) is 12.1 Å². The molecule has 1 heterocycles. The molecule has 1 unspecified atom stereocenters. The van der Waals surface area contributed by atoms with Gasteiger partial charge in [0.15, 0.2) is 9.84 Å². The second-order valence-electron chi connectivity index (χ2n) is 5.74. The molecule has 0 bridgehead atoms. The maximum atomic E-state index is 11.8. The van der Waals surface area contributed by atoms with Gasteiger partial charge < -0.3 is 10.6 Å². The summed E-state index contributed by atoms with van der Waals surface area (Å²) in [7, 11) is -2.92. The Labute approximate surface area is 115 Å². The minimum absolute atomic E-state index is 0.0775. The fraction of sp³-hybridized carbons (Fsp3) is 0.923. The second-order valence-corrected chi connectivity index (χ2v) is 7.97. The molecule has 0 aromatic rings. The van der Waals surface area contributed by atoms with E-state index in [1.165, 1.54) is 25.7 Å². The van der Waals surface area contributed by atoms with Crippen LogP contribution in [0.3, 0.4) is 0 Å². The van der Waals surface area contributed by atoms with Gasteiger partial charge in [0.25, 0.3) is 0 Å². The Balaban J connectivity index is 1.67. The van der Waals surface area contributed by atoms with Crippen LogP contribution in [0.5, 0.6) is 0 Å². The molecule has 2 fully saturated rings. The Morgan fingerprint density at radius 1 is 1.00 bits per heavy atom. The van der Waals surface area contributed by atoms with Crippen molar-refractivity contribution in [3.63, 3.8) is 0 Å². The Bertz CT molecular complexity index is 400. The number of amides is 1. The van der Waals surface area contributed by atoms with Crippen LogP contribution < -0.4 is 10.6 Å². The van der Waals surface area contributed by atoms with E-state index in [-0.39, 0.29) is 23.5 Å². The highest BCUT2D eigenvalue weighted by Gasteiger charge is 2.28. The Hall–Kier alpha value is -0.620. The summed E-state index contributed by atoms with van der Waals surface area (Å²) in [5, 5.41) is 6.10. The smallest absolute Gasteiger partial charge is 0.234 e. The van der Waals surface area contributed by atoms with Crippen molar-refractivity contribution in [3.05, 3.63) is 0 Å². The summed E-state index contributed by atoms with van der Waals surface area (Å²) in [6.07, 6.45) is 7.91. The summed E-state index contributed by atoms with van der Waals surface area (Å²) in [6.45, 7) is 0.307. The minimum atomic E-state index is -2.92. The van der Waals surface area contributed by atoms with Crippen molar-refractivity contribution in [2.45, 2.75) is 57.0 Å². The molecular weight excluding hydrogens is 264 g/mol. The van der Waals surface area contributed by atoms with Crippen LogP contribution in [0.2, 0.25) is 0 Å². The quantitative estimate of drug-likeness (QED) is 0.743. The summed E-state index contributed by atoms with van der Waals surface area (Å²) in [6, 6.07) is 0.258. The van der Waals surface area contributed by atoms with Gasteiger partial charge in [0.2, 0.25) is 5.91 Å². The van der Waals surface area contributed by atoms with Crippen molar-refractivity contribution >= 4 is 15.7 Å². The van der Waals surface area contributed by atoms with Crippen LogP contribution in [-0.4, -0.2) is 44.5 Å². The standard InChI is InChI=1S/C13H24N2O3S/c16-13(15-12-7-8-19(17,18)10-12)9-14-11-5-3-1-2-4-6-11/h11-12,14H,1-10H2,(H,15,16). The van der Waals surface area contributed by atoms with E-state index in [4.69, 9.17) is 0 Å². The van der Waals surface area contributed by atoms with Crippen molar-refractivity contribution in [2.24, 2.45) is 0 Å². The molecule has 19 heavy (non-hydrogen) atoms. The molecule has 1 amide bonds. The van der Waals surface area contributed by atoms with Crippen LogP contribution in [0.4, 0.5) is 0 Å². The van der Waals surface area contributed by atoms with E-state index in [9.17, 15) is 13.2 Å². The highest BCUT2D eigenvalue weighted by Crippen LogP contribution is 2.17. The zero-order valence-corrected chi connectivity index (χ0v) is 12.2. The number of carbonyl (C=O) groups is 1. The zero-order valence-electron chi connectivity index (χ0n) is 11.4. The van der Waals surface area contributed by atoms with E-state index in [2.05, 4.69) is 10.6 Å². The van der Waals surface area contributed by atoms with Crippen LogP contribution in [0.15, 0.2) is 0 Å². The number of hydrogen-bond donors (Lipinski definition) is 2. The van der Waals surface area contributed by atoms with Gasteiger partial charge in [0.05, 0.1) is 18.1 Å². The molecule has 1 saturated carbocycles. The fourth-order valence-corrected chi connectivity index (χ4v) is 4.58. The Kier molecular flexibility index (Phi) is 5.21. The lowest BCUT2D eigenvalue weighted by molar-refractivity contribution is -0.120. The van der Waals surface area contributed by atoms with E-state index in [1.54, 1.807) is 0 Å². The third-order valence-electron chi connectivity index (χ3n) is 4.00. The molecule has 0 aromatic heterocycles. The first kappa shape index (κ1) is 14.8. The lowest BCUT2D eigenvalue weighted by atomic mass is 10.1. The molecule has 110 valence electrons. The number of rotatable bonds is 4. The van der Waals surface area contributed by atoms with Crippen molar-refractivity contribution in [3.8, 4) is 0 Å². The average Bonchev–Trinajstić information content (AvgIpc) is 2.57. The van der Waals surface area contributed by atoms with Gasteiger partial charge >= 0.3 is 0 Å². The lowest BCUT2D eigenvalue weighted by Crippen LogP contribution is -2.43. The average molecular weight is 288 g/mol. The van der Waals surface area contributed by atoms with Crippen molar-refractivity contribution in [2.75, 3.05) is 18.1 Å². The maximum Gasteiger partial charge on any atom is 0.234 e. The lowest BCUT2D eigenvalue weighted by Gasteiger charge is -2.17. The molecule has 1 saturated heterocycles. The molecular formula is C13H24N2O3S. The second kappa shape index (κ2) is 6.70. The summed E-state index contributed by atoms with van der Waals surface area (Å²) in [4.78, 5) is 11.8. The Morgan fingerprint density at radius 2 is 1.68 bits per heavy atom.